The van der Waals surface area contributed by atoms with Crippen LogP contribution in [0.2, 0.25) is 0 Å². The molecule has 0 saturated carbocycles. The van der Waals surface area contributed by atoms with E-state index < -0.39 is 12.6 Å². The first-order chi connectivity index (χ1) is 7.04. The van der Waals surface area contributed by atoms with Gasteiger partial charge in [0.05, 0.1) is 12.1 Å². The summed E-state index contributed by atoms with van der Waals surface area (Å²) in [6.45, 7) is 0.665. The lowest BCUT2D eigenvalue weighted by Gasteiger charge is -2.11. The van der Waals surface area contributed by atoms with E-state index in [0.29, 0.717) is 18.5 Å². The van der Waals surface area contributed by atoms with Crippen molar-refractivity contribution in [1.82, 2.24) is 4.98 Å². The summed E-state index contributed by atoms with van der Waals surface area (Å²) < 4.78 is 36.3. The molecule has 0 amide bonds. The summed E-state index contributed by atoms with van der Waals surface area (Å²) in [5.74, 6) is 0. The van der Waals surface area contributed by atoms with E-state index in [-0.39, 0.29) is 5.56 Å². The number of rotatable bonds is 1. The van der Waals surface area contributed by atoms with Gasteiger partial charge in [0.2, 0.25) is 0 Å². The highest BCUT2D eigenvalue weighted by molar-refractivity contribution is 5.82. The summed E-state index contributed by atoms with van der Waals surface area (Å²) in [6.07, 6.45) is -1.52. The number of halogens is 3. The predicted octanol–water partition coefficient (Wildman–Crippen LogP) is 2.16. The fraction of sp³-hybridized carbons (Fsp3) is 0.400. The molecule has 0 saturated heterocycles. The van der Waals surface area contributed by atoms with Crippen LogP contribution in [0.15, 0.2) is 17.3 Å². The number of fused-ring (bicyclic) bond motifs is 1. The van der Waals surface area contributed by atoms with Crippen LogP contribution in [0.25, 0.3) is 0 Å². The minimum Gasteiger partial charge on any atom is -0.292 e. The van der Waals surface area contributed by atoms with Crippen molar-refractivity contribution in [2.45, 2.75) is 19.0 Å². The highest BCUT2D eigenvalue weighted by atomic mass is 19.4. The van der Waals surface area contributed by atoms with Gasteiger partial charge in [-0.25, -0.2) is 0 Å². The molecule has 0 atom stereocenters. The molecule has 0 unspecified atom stereocenters. The van der Waals surface area contributed by atoms with Crippen LogP contribution in [0.5, 0.6) is 0 Å². The van der Waals surface area contributed by atoms with Crippen molar-refractivity contribution >= 4 is 6.21 Å². The van der Waals surface area contributed by atoms with E-state index in [1.807, 2.05) is 0 Å². The lowest BCUT2D eigenvalue weighted by atomic mass is 10.1. The molecule has 2 heterocycles. The molecule has 0 aliphatic carbocycles. The van der Waals surface area contributed by atoms with E-state index in [1.54, 1.807) is 6.21 Å². The van der Waals surface area contributed by atoms with Crippen LogP contribution in [-0.2, 0) is 12.8 Å². The van der Waals surface area contributed by atoms with Crippen molar-refractivity contribution < 1.29 is 13.2 Å². The molecular weight excluding hydrogens is 205 g/mol. The minimum absolute atomic E-state index is 0.189. The van der Waals surface area contributed by atoms with Gasteiger partial charge in [-0.3, -0.25) is 9.98 Å². The van der Waals surface area contributed by atoms with Gasteiger partial charge in [-0.05, 0) is 11.6 Å². The summed E-state index contributed by atoms with van der Waals surface area (Å²) in [4.78, 5) is 8.02. The monoisotopic (exact) mass is 214 g/mol. The number of pyridine rings is 1. The highest BCUT2D eigenvalue weighted by Gasteiger charge is 2.28. The summed E-state index contributed by atoms with van der Waals surface area (Å²) in [7, 11) is 0. The zero-order valence-electron chi connectivity index (χ0n) is 7.88. The van der Waals surface area contributed by atoms with E-state index >= 15 is 0 Å². The van der Waals surface area contributed by atoms with Gasteiger partial charge in [0.25, 0.3) is 0 Å². The Morgan fingerprint density at radius 1 is 1.33 bits per heavy atom. The molecule has 0 radical (unpaired) electrons. The first kappa shape index (κ1) is 10.1. The van der Waals surface area contributed by atoms with Crippen LogP contribution in [-0.4, -0.2) is 23.9 Å². The van der Waals surface area contributed by atoms with Gasteiger partial charge in [0.15, 0.2) is 0 Å². The molecule has 80 valence electrons. The van der Waals surface area contributed by atoms with Gasteiger partial charge in [-0.1, -0.05) is 0 Å². The van der Waals surface area contributed by atoms with Crippen molar-refractivity contribution in [3.05, 3.63) is 29.1 Å². The second kappa shape index (κ2) is 3.64. The summed E-state index contributed by atoms with van der Waals surface area (Å²) in [5, 5.41) is 0. The molecule has 0 aromatic carbocycles. The molecule has 2 nitrogen and oxygen atoms in total. The fourth-order valence-electron chi connectivity index (χ4n) is 1.54. The number of aromatic nitrogens is 1. The van der Waals surface area contributed by atoms with Gasteiger partial charge in [0.1, 0.15) is 0 Å². The quantitative estimate of drug-likeness (QED) is 0.703. The summed E-state index contributed by atoms with van der Waals surface area (Å²) in [5.41, 5.74) is 1.73. The van der Waals surface area contributed by atoms with Crippen LogP contribution in [0.1, 0.15) is 16.8 Å². The Kier molecular flexibility index (Phi) is 2.46. The second-order valence-corrected chi connectivity index (χ2v) is 3.46. The first-order valence-electron chi connectivity index (χ1n) is 4.59. The Hall–Kier alpha value is -1.39. The smallest absolute Gasteiger partial charge is 0.292 e. The normalized spacial score (nSPS) is 15.1. The molecule has 5 heteroatoms. The third kappa shape index (κ3) is 2.55. The van der Waals surface area contributed by atoms with Crippen LogP contribution < -0.4 is 0 Å². The number of hydrogen-bond acceptors (Lipinski definition) is 2. The number of nitrogens with zero attached hydrogens (tertiary/aromatic N) is 2. The van der Waals surface area contributed by atoms with Crippen molar-refractivity contribution in [2.24, 2.45) is 4.99 Å². The summed E-state index contributed by atoms with van der Waals surface area (Å²) >= 11 is 0. The van der Waals surface area contributed by atoms with Crippen LogP contribution in [0.3, 0.4) is 0 Å². The molecule has 0 bridgehead atoms. The maximum Gasteiger partial charge on any atom is 0.393 e. The van der Waals surface area contributed by atoms with E-state index in [0.717, 1.165) is 5.69 Å². The SMILES string of the molecule is FC(F)(F)Cc1cnc2c(c1)C=NCC2. The Morgan fingerprint density at radius 3 is 2.87 bits per heavy atom. The average molecular weight is 214 g/mol. The lowest BCUT2D eigenvalue weighted by Crippen LogP contribution is -2.13. The van der Waals surface area contributed by atoms with Crippen molar-refractivity contribution in [1.29, 1.82) is 0 Å². The van der Waals surface area contributed by atoms with Gasteiger partial charge >= 0.3 is 6.18 Å². The fourth-order valence-corrected chi connectivity index (χ4v) is 1.54. The molecule has 1 aliphatic heterocycles. The van der Waals surface area contributed by atoms with Crippen LogP contribution in [0, 0.1) is 0 Å². The molecule has 0 spiro atoms. The average Bonchev–Trinajstić information content (AvgIpc) is 2.15. The van der Waals surface area contributed by atoms with Gasteiger partial charge in [0, 0.05) is 30.9 Å². The number of hydrogen-bond donors (Lipinski definition) is 0. The molecule has 1 aromatic heterocycles. The van der Waals surface area contributed by atoms with E-state index in [1.165, 1.54) is 12.3 Å². The Morgan fingerprint density at radius 2 is 2.13 bits per heavy atom. The van der Waals surface area contributed by atoms with Gasteiger partial charge in [-0.2, -0.15) is 13.2 Å². The third-order valence-electron chi connectivity index (χ3n) is 2.17. The van der Waals surface area contributed by atoms with Gasteiger partial charge < -0.3 is 0 Å². The molecular formula is C10H9F3N2. The highest BCUT2D eigenvalue weighted by Crippen LogP contribution is 2.22. The zero-order chi connectivity index (χ0) is 10.9. The number of aliphatic imine (C=N–C) groups is 1. The molecule has 2 rings (SSSR count). The number of alkyl halides is 3. The molecule has 0 fully saturated rings. The van der Waals surface area contributed by atoms with Crippen molar-refractivity contribution in [2.75, 3.05) is 6.54 Å². The first-order valence-corrected chi connectivity index (χ1v) is 4.59. The Balaban J connectivity index is 2.26. The Bertz CT molecular complexity index is 396. The van der Waals surface area contributed by atoms with Crippen molar-refractivity contribution in [3.63, 3.8) is 0 Å². The topological polar surface area (TPSA) is 25.2 Å². The minimum atomic E-state index is -4.18. The maximum atomic E-state index is 12.1. The van der Waals surface area contributed by atoms with E-state index in [4.69, 9.17) is 0 Å². The molecule has 0 N–H and O–H groups in total. The van der Waals surface area contributed by atoms with Crippen LogP contribution in [0.4, 0.5) is 13.2 Å². The maximum absolute atomic E-state index is 12.1. The van der Waals surface area contributed by atoms with Crippen LogP contribution >= 0.6 is 0 Å². The van der Waals surface area contributed by atoms with E-state index in [9.17, 15) is 13.2 Å². The second-order valence-electron chi connectivity index (χ2n) is 3.46. The lowest BCUT2D eigenvalue weighted by molar-refractivity contribution is -0.127. The Labute approximate surface area is 84.9 Å². The van der Waals surface area contributed by atoms with Gasteiger partial charge in [-0.15, -0.1) is 0 Å². The van der Waals surface area contributed by atoms with E-state index in [2.05, 4.69) is 9.98 Å². The molecule has 15 heavy (non-hydrogen) atoms. The standard InChI is InChI=1S/C10H9F3N2/c11-10(12,13)4-7-3-8-6-14-2-1-9(8)15-5-7/h3,5-6H,1-2,4H2. The van der Waals surface area contributed by atoms with Crippen molar-refractivity contribution in [3.8, 4) is 0 Å². The molecule has 1 aliphatic rings. The summed E-state index contributed by atoms with van der Waals surface area (Å²) in [6, 6.07) is 1.51. The zero-order valence-corrected chi connectivity index (χ0v) is 7.88. The third-order valence-corrected chi connectivity index (χ3v) is 2.17. The predicted molar refractivity (Wildman–Crippen MR) is 50.2 cm³/mol. The molecule has 1 aromatic rings. The largest absolute Gasteiger partial charge is 0.393 e.